The summed E-state index contributed by atoms with van der Waals surface area (Å²) in [7, 11) is 1.34. The molecule has 0 saturated heterocycles. The summed E-state index contributed by atoms with van der Waals surface area (Å²) in [5.74, 6) is 0.174. The van der Waals surface area contributed by atoms with Crippen molar-refractivity contribution in [2.75, 3.05) is 13.7 Å². The lowest BCUT2D eigenvalue weighted by Gasteiger charge is -2.22. The molecule has 4 nitrogen and oxygen atoms in total. The fourth-order valence-electron chi connectivity index (χ4n) is 1.55. The summed E-state index contributed by atoms with van der Waals surface area (Å²) >= 11 is 0. The van der Waals surface area contributed by atoms with Crippen molar-refractivity contribution in [3.63, 3.8) is 0 Å². The SMILES string of the molecule is COC(=O)C(C)(C)COc1c(C)cccc1C=O. The Morgan fingerprint density at radius 2 is 2.06 bits per heavy atom. The van der Waals surface area contributed by atoms with Crippen LogP contribution in [0.1, 0.15) is 29.8 Å². The van der Waals surface area contributed by atoms with Crippen LogP contribution in [0.4, 0.5) is 0 Å². The van der Waals surface area contributed by atoms with Gasteiger partial charge in [0.25, 0.3) is 0 Å². The minimum atomic E-state index is -0.753. The zero-order valence-corrected chi connectivity index (χ0v) is 11.1. The third-order valence-corrected chi connectivity index (χ3v) is 2.68. The highest BCUT2D eigenvalue weighted by Crippen LogP contribution is 2.25. The van der Waals surface area contributed by atoms with Crippen LogP contribution in [0.5, 0.6) is 5.75 Å². The lowest BCUT2D eigenvalue weighted by atomic mass is 9.95. The maximum atomic E-state index is 11.5. The lowest BCUT2D eigenvalue weighted by molar-refractivity contribution is -0.152. The average Bonchev–Trinajstić information content (AvgIpc) is 2.35. The van der Waals surface area contributed by atoms with E-state index in [4.69, 9.17) is 9.47 Å². The predicted molar refractivity (Wildman–Crippen MR) is 67.9 cm³/mol. The number of hydrogen-bond donors (Lipinski definition) is 0. The first kappa shape index (κ1) is 14.2. The molecule has 0 fully saturated rings. The molecule has 0 atom stereocenters. The van der Waals surface area contributed by atoms with Crippen molar-refractivity contribution in [3.8, 4) is 5.75 Å². The van der Waals surface area contributed by atoms with Crippen molar-refractivity contribution in [1.29, 1.82) is 0 Å². The third-order valence-electron chi connectivity index (χ3n) is 2.68. The number of rotatable bonds is 5. The minimum absolute atomic E-state index is 0.158. The number of aldehydes is 1. The van der Waals surface area contributed by atoms with Gasteiger partial charge in [-0.05, 0) is 32.4 Å². The smallest absolute Gasteiger partial charge is 0.314 e. The van der Waals surface area contributed by atoms with E-state index in [9.17, 15) is 9.59 Å². The topological polar surface area (TPSA) is 52.6 Å². The molecular weight excluding hydrogens is 232 g/mol. The molecular formula is C14H18O4. The maximum absolute atomic E-state index is 11.5. The van der Waals surface area contributed by atoms with E-state index in [0.29, 0.717) is 11.3 Å². The number of esters is 1. The molecule has 0 amide bonds. The van der Waals surface area contributed by atoms with Gasteiger partial charge < -0.3 is 9.47 Å². The number of aryl methyl sites for hydroxylation is 1. The molecule has 0 bridgehead atoms. The minimum Gasteiger partial charge on any atom is -0.491 e. The summed E-state index contributed by atoms with van der Waals surface area (Å²) in [6, 6.07) is 5.32. The number of para-hydroxylation sites is 1. The third kappa shape index (κ3) is 3.09. The number of carbonyl (C=O) groups excluding carboxylic acids is 2. The number of ether oxygens (including phenoxy) is 2. The molecule has 18 heavy (non-hydrogen) atoms. The molecule has 0 aliphatic carbocycles. The van der Waals surface area contributed by atoms with Gasteiger partial charge in [-0.3, -0.25) is 9.59 Å². The predicted octanol–water partition coefficient (Wildman–Crippen LogP) is 2.39. The number of carbonyl (C=O) groups is 2. The quantitative estimate of drug-likeness (QED) is 0.594. The summed E-state index contributed by atoms with van der Waals surface area (Å²) in [6.07, 6.45) is 0.744. The number of benzene rings is 1. The van der Waals surface area contributed by atoms with Crippen molar-refractivity contribution in [2.45, 2.75) is 20.8 Å². The highest BCUT2D eigenvalue weighted by Gasteiger charge is 2.30. The molecule has 0 heterocycles. The van der Waals surface area contributed by atoms with Crippen LogP contribution in [-0.4, -0.2) is 26.0 Å². The molecule has 0 aliphatic rings. The van der Waals surface area contributed by atoms with Crippen molar-refractivity contribution in [3.05, 3.63) is 29.3 Å². The summed E-state index contributed by atoms with van der Waals surface area (Å²) < 4.78 is 10.3. The van der Waals surface area contributed by atoms with Gasteiger partial charge in [0, 0.05) is 0 Å². The number of hydrogen-bond acceptors (Lipinski definition) is 4. The Hall–Kier alpha value is -1.84. The van der Waals surface area contributed by atoms with Gasteiger partial charge in [0.1, 0.15) is 12.4 Å². The Bertz CT molecular complexity index is 449. The largest absolute Gasteiger partial charge is 0.491 e. The van der Waals surface area contributed by atoms with E-state index in [1.807, 2.05) is 13.0 Å². The Morgan fingerprint density at radius 3 is 2.61 bits per heavy atom. The highest BCUT2D eigenvalue weighted by atomic mass is 16.5. The summed E-state index contributed by atoms with van der Waals surface area (Å²) in [5, 5.41) is 0. The summed E-state index contributed by atoms with van der Waals surface area (Å²) in [6.45, 7) is 5.48. The van der Waals surface area contributed by atoms with Crippen LogP contribution in [0.25, 0.3) is 0 Å². The van der Waals surface area contributed by atoms with Crippen molar-refractivity contribution < 1.29 is 19.1 Å². The number of methoxy groups -OCH3 is 1. The van der Waals surface area contributed by atoms with E-state index in [1.165, 1.54) is 7.11 Å². The van der Waals surface area contributed by atoms with Gasteiger partial charge in [0.2, 0.25) is 0 Å². The van der Waals surface area contributed by atoms with E-state index in [2.05, 4.69) is 0 Å². The normalized spacial score (nSPS) is 10.9. The van der Waals surface area contributed by atoms with Gasteiger partial charge in [-0.15, -0.1) is 0 Å². The molecule has 0 radical (unpaired) electrons. The highest BCUT2D eigenvalue weighted by molar-refractivity contribution is 5.80. The maximum Gasteiger partial charge on any atom is 0.314 e. The molecule has 1 aromatic rings. The molecule has 0 aromatic heterocycles. The molecule has 4 heteroatoms. The Labute approximate surface area is 107 Å². The Balaban J connectivity index is 2.87. The van der Waals surface area contributed by atoms with E-state index in [-0.39, 0.29) is 12.6 Å². The van der Waals surface area contributed by atoms with Gasteiger partial charge >= 0.3 is 5.97 Å². The van der Waals surface area contributed by atoms with Crippen molar-refractivity contribution >= 4 is 12.3 Å². The zero-order chi connectivity index (χ0) is 13.8. The first-order valence-corrected chi connectivity index (χ1v) is 5.68. The second-order valence-corrected chi connectivity index (χ2v) is 4.78. The second-order valence-electron chi connectivity index (χ2n) is 4.78. The molecule has 98 valence electrons. The van der Waals surface area contributed by atoms with Crippen LogP contribution < -0.4 is 4.74 Å². The van der Waals surface area contributed by atoms with Gasteiger partial charge in [0.15, 0.2) is 6.29 Å². The van der Waals surface area contributed by atoms with Gasteiger partial charge in [-0.25, -0.2) is 0 Å². The fraction of sp³-hybridized carbons (Fsp3) is 0.429. The van der Waals surface area contributed by atoms with Gasteiger partial charge in [-0.1, -0.05) is 12.1 Å². The molecule has 0 unspecified atom stereocenters. The first-order chi connectivity index (χ1) is 8.42. The van der Waals surface area contributed by atoms with Crippen molar-refractivity contribution in [1.82, 2.24) is 0 Å². The molecule has 0 aliphatic heterocycles. The fourth-order valence-corrected chi connectivity index (χ4v) is 1.55. The van der Waals surface area contributed by atoms with E-state index in [0.717, 1.165) is 11.8 Å². The summed E-state index contributed by atoms with van der Waals surface area (Å²) in [4.78, 5) is 22.4. The van der Waals surface area contributed by atoms with Crippen LogP contribution >= 0.6 is 0 Å². The molecule has 0 N–H and O–H groups in total. The van der Waals surface area contributed by atoms with E-state index < -0.39 is 5.41 Å². The van der Waals surface area contributed by atoms with E-state index in [1.54, 1.807) is 26.0 Å². The molecule has 1 aromatic carbocycles. The van der Waals surface area contributed by atoms with Gasteiger partial charge in [0.05, 0.1) is 18.1 Å². The van der Waals surface area contributed by atoms with Gasteiger partial charge in [-0.2, -0.15) is 0 Å². The molecule has 0 spiro atoms. The molecule has 0 saturated carbocycles. The lowest BCUT2D eigenvalue weighted by Crippen LogP contribution is -2.32. The summed E-state index contributed by atoms with van der Waals surface area (Å²) in [5.41, 5.74) is 0.591. The standard InChI is InChI=1S/C14H18O4/c1-10-6-5-7-11(8-15)12(10)18-9-14(2,3)13(16)17-4/h5-8H,9H2,1-4H3. The second kappa shape index (κ2) is 5.67. The zero-order valence-electron chi connectivity index (χ0n) is 11.1. The monoisotopic (exact) mass is 250 g/mol. The average molecular weight is 250 g/mol. The van der Waals surface area contributed by atoms with Crippen LogP contribution in [0.3, 0.4) is 0 Å². The first-order valence-electron chi connectivity index (χ1n) is 5.68. The van der Waals surface area contributed by atoms with Crippen molar-refractivity contribution in [2.24, 2.45) is 5.41 Å². The van der Waals surface area contributed by atoms with E-state index >= 15 is 0 Å². The Morgan fingerprint density at radius 1 is 1.39 bits per heavy atom. The van der Waals surface area contributed by atoms with Crippen LogP contribution in [0, 0.1) is 12.3 Å². The molecule has 1 rings (SSSR count). The van der Waals surface area contributed by atoms with Crippen LogP contribution in [0.2, 0.25) is 0 Å². The van der Waals surface area contributed by atoms with Crippen LogP contribution in [-0.2, 0) is 9.53 Å². The van der Waals surface area contributed by atoms with Crippen LogP contribution in [0.15, 0.2) is 18.2 Å². The Kier molecular flexibility index (Phi) is 4.48.